The van der Waals surface area contributed by atoms with E-state index in [1.165, 1.54) is 0 Å². The lowest BCUT2D eigenvalue weighted by atomic mass is 9.88. The molecule has 0 bridgehead atoms. The van der Waals surface area contributed by atoms with Gasteiger partial charge in [-0.15, -0.1) is 0 Å². The highest BCUT2D eigenvalue weighted by molar-refractivity contribution is 6.31. The van der Waals surface area contributed by atoms with Crippen LogP contribution in [-0.4, -0.2) is 22.2 Å². The summed E-state index contributed by atoms with van der Waals surface area (Å²) in [7, 11) is 0. The van der Waals surface area contributed by atoms with E-state index in [4.69, 9.17) is 11.6 Å². The molecule has 2 N–H and O–H groups in total. The molecule has 1 aliphatic heterocycles. The van der Waals surface area contributed by atoms with E-state index in [-0.39, 0.29) is 11.8 Å². The summed E-state index contributed by atoms with van der Waals surface area (Å²) in [6.07, 6.45) is 0.336. The summed E-state index contributed by atoms with van der Waals surface area (Å²) in [6, 6.07) is 19.8. The molecular weight excluding hydrogens is 372 g/mol. The van der Waals surface area contributed by atoms with Gasteiger partial charge >= 0.3 is 0 Å². The minimum Gasteiger partial charge on any atom is -0.350 e. The molecule has 1 aliphatic rings. The van der Waals surface area contributed by atoms with Crippen molar-refractivity contribution in [3.05, 3.63) is 88.2 Å². The summed E-state index contributed by atoms with van der Waals surface area (Å²) in [6.45, 7) is 3.05. The molecular formula is C22H23ClN4O. The smallest absolute Gasteiger partial charge is 0.221 e. The monoisotopic (exact) mass is 394 g/mol. The Hall–Kier alpha value is -2.63. The van der Waals surface area contributed by atoms with Crippen molar-refractivity contribution >= 4 is 17.5 Å². The van der Waals surface area contributed by atoms with Crippen molar-refractivity contribution in [1.29, 1.82) is 0 Å². The molecule has 0 radical (unpaired) electrons. The maximum absolute atomic E-state index is 12.7. The second-order valence-corrected chi connectivity index (χ2v) is 7.40. The maximum Gasteiger partial charge on any atom is 0.221 e. The molecule has 1 aromatic heterocycles. The molecule has 0 saturated heterocycles. The Labute approximate surface area is 169 Å². The van der Waals surface area contributed by atoms with Crippen LogP contribution in [0.2, 0.25) is 5.02 Å². The Morgan fingerprint density at radius 1 is 1.18 bits per heavy atom. The van der Waals surface area contributed by atoms with Crippen molar-refractivity contribution in [3.63, 3.8) is 0 Å². The third kappa shape index (κ3) is 4.26. The van der Waals surface area contributed by atoms with Gasteiger partial charge in [0.05, 0.1) is 24.5 Å². The minimum atomic E-state index is -0.0886. The molecule has 0 spiro atoms. The number of carbonyl (C=O) groups excluding carboxylic acids is 1. The first-order valence-corrected chi connectivity index (χ1v) is 9.91. The predicted molar refractivity (Wildman–Crippen MR) is 110 cm³/mol. The molecule has 1 unspecified atom stereocenters. The topological polar surface area (TPSA) is 59.0 Å². The molecule has 28 heavy (non-hydrogen) atoms. The molecule has 2 heterocycles. The average molecular weight is 395 g/mol. The van der Waals surface area contributed by atoms with Crippen LogP contribution in [0.3, 0.4) is 0 Å². The summed E-state index contributed by atoms with van der Waals surface area (Å²) in [4.78, 5) is 12.7. The third-order valence-corrected chi connectivity index (χ3v) is 5.40. The molecule has 2 aromatic carbocycles. The Morgan fingerprint density at radius 3 is 2.75 bits per heavy atom. The average Bonchev–Trinajstić information content (AvgIpc) is 3.15. The zero-order chi connectivity index (χ0) is 19.3. The highest BCUT2D eigenvalue weighted by Gasteiger charge is 2.20. The fourth-order valence-electron chi connectivity index (χ4n) is 3.64. The van der Waals surface area contributed by atoms with Gasteiger partial charge in [-0.25, -0.2) is 0 Å². The number of fused-ring (bicyclic) bond motifs is 1. The van der Waals surface area contributed by atoms with E-state index in [9.17, 15) is 4.79 Å². The lowest BCUT2D eigenvalue weighted by molar-refractivity contribution is -0.121. The first kappa shape index (κ1) is 18.7. The largest absolute Gasteiger partial charge is 0.350 e. The van der Waals surface area contributed by atoms with Gasteiger partial charge in [0.2, 0.25) is 5.91 Å². The molecule has 1 amide bonds. The SMILES string of the molecule is O=C(CC(c1ccccc1)c1ccccc1Cl)NCc1cc2n(n1)CCNC2. The van der Waals surface area contributed by atoms with Gasteiger partial charge in [-0.3, -0.25) is 9.48 Å². The first-order valence-electron chi connectivity index (χ1n) is 9.53. The summed E-state index contributed by atoms with van der Waals surface area (Å²) in [5, 5.41) is 11.6. The van der Waals surface area contributed by atoms with Gasteiger partial charge in [0.15, 0.2) is 0 Å². The number of hydrogen-bond donors (Lipinski definition) is 2. The fourth-order valence-corrected chi connectivity index (χ4v) is 3.90. The molecule has 0 fully saturated rings. The number of amides is 1. The molecule has 3 aromatic rings. The molecule has 4 rings (SSSR count). The third-order valence-electron chi connectivity index (χ3n) is 5.06. The van der Waals surface area contributed by atoms with Crippen LogP contribution in [0.15, 0.2) is 60.7 Å². The van der Waals surface area contributed by atoms with Gasteiger partial charge in [-0.05, 0) is 23.3 Å². The van der Waals surface area contributed by atoms with Gasteiger partial charge in [-0.2, -0.15) is 5.10 Å². The van der Waals surface area contributed by atoms with E-state index in [1.54, 1.807) is 0 Å². The number of halogens is 1. The van der Waals surface area contributed by atoms with Crippen molar-refractivity contribution in [1.82, 2.24) is 20.4 Å². The van der Waals surface area contributed by atoms with Crippen LogP contribution in [0.5, 0.6) is 0 Å². The lowest BCUT2D eigenvalue weighted by Crippen LogP contribution is -2.28. The van der Waals surface area contributed by atoms with Crippen LogP contribution in [0.25, 0.3) is 0 Å². The van der Waals surface area contributed by atoms with Gasteiger partial charge in [-0.1, -0.05) is 60.1 Å². The number of hydrogen-bond acceptors (Lipinski definition) is 3. The van der Waals surface area contributed by atoms with E-state index in [0.717, 1.165) is 42.1 Å². The predicted octanol–water partition coefficient (Wildman–Crippen LogP) is 3.48. The van der Waals surface area contributed by atoms with E-state index >= 15 is 0 Å². The van der Waals surface area contributed by atoms with E-state index < -0.39 is 0 Å². The van der Waals surface area contributed by atoms with Crippen LogP contribution in [0.4, 0.5) is 0 Å². The Balaban J connectivity index is 1.46. The summed E-state index contributed by atoms with van der Waals surface area (Å²) < 4.78 is 2.01. The van der Waals surface area contributed by atoms with Gasteiger partial charge in [0, 0.05) is 30.5 Å². The molecule has 5 nitrogen and oxygen atoms in total. The van der Waals surface area contributed by atoms with Crippen molar-refractivity contribution in [3.8, 4) is 0 Å². The quantitative estimate of drug-likeness (QED) is 0.673. The van der Waals surface area contributed by atoms with Gasteiger partial charge in [0.1, 0.15) is 0 Å². The van der Waals surface area contributed by atoms with E-state index in [1.807, 2.05) is 59.3 Å². The summed E-state index contributed by atoms with van der Waals surface area (Å²) in [5.74, 6) is -0.104. The number of nitrogens with one attached hydrogen (secondary N) is 2. The second kappa shape index (κ2) is 8.59. The molecule has 0 saturated carbocycles. The van der Waals surface area contributed by atoms with E-state index in [2.05, 4.69) is 21.8 Å². The second-order valence-electron chi connectivity index (χ2n) is 6.99. The summed E-state index contributed by atoms with van der Waals surface area (Å²) in [5.41, 5.74) is 4.10. The van der Waals surface area contributed by atoms with E-state index in [0.29, 0.717) is 18.0 Å². The van der Waals surface area contributed by atoms with Gasteiger partial charge in [0.25, 0.3) is 0 Å². The van der Waals surface area contributed by atoms with Crippen molar-refractivity contribution < 1.29 is 4.79 Å². The van der Waals surface area contributed by atoms with Crippen LogP contribution in [0.1, 0.15) is 34.9 Å². The zero-order valence-electron chi connectivity index (χ0n) is 15.6. The Kier molecular flexibility index (Phi) is 5.74. The Bertz CT molecular complexity index is 931. The number of benzene rings is 2. The lowest BCUT2D eigenvalue weighted by Gasteiger charge is -2.19. The fraction of sp³-hybridized carbons (Fsp3) is 0.273. The highest BCUT2D eigenvalue weighted by Crippen LogP contribution is 2.32. The standard InChI is InChI=1S/C22H23ClN4O/c23-21-9-5-4-8-19(21)20(16-6-2-1-3-7-16)13-22(28)25-14-17-12-18-15-24-10-11-27(18)26-17/h1-9,12,20,24H,10-11,13-15H2,(H,25,28). The molecule has 0 aliphatic carbocycles. The minimum absolute atomic E-state index is 0.0159. The highest BCUT2D eigenvalue weighted by atomic mass is 35.5. The van der Waals surface area contributed by atoms with Crippen molar-refractivity contribution in [2.24, 2.45) is 0 Å². The maximum atomic E-state index is 12.7. The van der Waals surface area contributed by atoms with Crippen LogP contribution < -0.4 is 10.6 Å². The number of rotatable bonds is 6. The number of carbonyl (C=O) groups is 1. The molecule has 6 heteroatoms. The summed E-state index contributed by atoms with van der Waals surface area (Å²) >= 11 is 6.43. The van der Waals surface area contributed by atoms with Crippen molar-refractivity contribution in [2.45, 2.75) is 32.0 Å². The van der Waals surface area contributed by atoms with Crippen LogP contribution in [-0.2, 0) is 24.4 Å². The Morgan fingerprint density at radius 2 is 1.96 bits per heavy atom. The number of nitrogens with zero attached hydrogens (tertiary/aromatic N) is 2. The van der Waals surface area contributed by atoms with Crippen molar-refractivity contribution in [2.75, 3.05) is 6.54 Å². The van der Waals surface area contributed by atoms with Crippen LogP contribution >= 0.6 is 11.6 Å². The molecule has 144 valence electrons. The molecule has 1 atom stereocenters. The normalized spacial score (nSPS) is 14.3. The van der Waals surface area contributed by atoms with Crippen LogP contribution in [0, 0.1) is 0 Å². The first-order chi connectivity index (χ1) is 13.7. The zero-order valence-corrected chi connectivity index (χ0v) is 16.3. The van der Waals surface area contributed by atoms with Gasteiger partial charge < -0.3 is 10.6 Å². The number of aromatic nitrogens is 2.